The first-order valence-corrected chi connectivity index (χ1v) is 8.42. The Morgan fingerprint density at radius 2 is 1.60 bits per heavy atom. The van der Waals surface area contributed by atoms with E-state index >= 15 is 0 Å². The fourth-order valence-electron chi connectivity index (χ4n) is 2.15. The monoisotopic (exact) mass is 293 g/mol. The quantitative estimate of drug-likeness (QED) is 0.495. The molecule has 0 aliphatic heterocycles. The number of amides is 1. The number of hydrogen-bond donors (Lipinski definition) is 1. The summed E-state index contributed by atoms with van der Waals surface area (Å²) in [5, 5.41) is 2.76. The van der Waals surface area contributed by atoms with Gasteiger partial charge in [-0.3, -0.25) is 9.36 Å². The zero-order valence-corrected chi connectivity index (χ0v) is 12.9. The van der Waals surface area contributed by atoms with Gasteiger partial charge >= 0.3 is 0 Å². The predicted molar refractivity (Wildman–Crippen MR) is 83.3 cm³/mol. The van der Waals surface area contributed by atoms with E-state index in [4.69, 9.17) is 0 Å². The lowest BCUT2D eigenvalue weighted by Crippen LogP contribution is -2.25. The molecular formula is C16H24NO2P. The summed E-state index contributed by atoms with van der Waals surface area (Å²) in [5.41, 5.74) is 1.42. The highest BCUT2D eigenvalue weighted by molar-refractivity contribution is 7.25. The maximum atomic E-state index is 11.0. The molecule has 1 aromatic carbocycles. The summed E-state index contributed by atoms with van der Waals surface area (Å²) < 4.78 is 10.2. The predicted octanol–water partition coefficient (Wildman–Crippen LogP) is 3.98. The molecule has 0 heterocycles. The van der Waals surface area contributed by atoms with Gasteiger partial charge in [-0.05, 0) is 24.8 Å². The molecule has 1 rings (SSSR count). The zero-order chi connectivity index (χ0) is 14.5. The lowest BCUT2D eigenvalue weighted by atomic mass is 10.1. The minimum atomic E-state index is -0.121. The molecule has 0 radical (unpaired) electrons. The van der Waals surface area contributed by atoms with E-state index < -0.39 is 0 Å². The smallest absolute Gasteiger partial charge is 0.231 e. The fraction of sp³-hybridized carbons (Fsp3) is 0.562. The van der Waals surface area contributed by atoms with Crippen molar-refractivity contribution >= 4 is 14.4 Å². The molecule has 0 aromatic heterocycles. The largest absolute Gasteiger partial charge is 0.355 e. The molecule has 0 fully saturated rings. The van der Waals surface area contributed by atoms with E-state index in [0.717, 1.165) is 12.8 Å². The summed E-state index contributed by atoms with van der Waals surface area (Å²) in [6, 6.07) is 10.6. The fourth-order valence-corrected chi connectivity index (χ4v) is 2.38. The van der Waals surface area contributed by atoms with Crippen molar-refractivity contribution < 1.29 is 9.36 Å². The van der Waals surface area contributed by atoms with Crippen molar-refractivity contribution in [1.82, 2.24) is 5.32 Å². The highest BCUT2D eigenvalue weighted by Gasteiger charge is 1.98. The van der Waals surface area contributed by atoms with Crippen molar-refractivity contribution in [3.05, 3.63) is 35.9 Å². The van der Waals surface area contributed by atoms with Gasteiger partial charge < -0.3 is 5.32 Å². The van der Waals surface area contributed by atoms with E-state index in [9.17, 15) is 9.36 Å². The molecule has 0 unspecified atom stereocenters. The summed E-state index contributed by atoms with van der Waals surface area (Å²) in [6.07, 6.45) is 8.44. The number of carbonyl (C=O) groups is 1. The Morgan fingerprint density at radius 3 is 2.30 bits per heavy atom. The minimum Gasteiger partial charge on any atom is -0.355 e. The van der Waals surface area contributed by atoms with E-state index in [1.165, 1.54) is 37.7 Å². The van der Waals surface area contributed by atoms with Crippen molar-refractivity contribution in [2.75, 3.05) is 12.7 Å². The maximum absolute atomic E-state index is 11.0. The molecule has 0 aliphatic carbocycles. The van der Waals surface area contributed by atoms with Crippen LogP contribution in [0, 0.1) is 0 Å². The summed E-state index contributed by atoms with van der Waals surface area (Å²) in [5.74, 6) is -0.121. The Kier molecular flexibility index (Phi) is 9.77. The van der Waals surface area contributed by atoms with E-state index in [-0.39, 0.29) is 20.5 Å². The Labute approximate surface area is 123 Å². The van der Waals surface area contributed by atoms with Crippen LogP contribution in [0.3, 0.4) is 0 Å². The van der Waals surface area contributed by atoms with Crippen LogP contribution in [0.15, 0.2) is 30.3 Å². The third-order valence-electron chi connectivity index (χ3n) is 3.27. The normalized spacial score (nSPS) is 10.6. The Hall–Kier alpha value is -1.21. The highest BCUT2D eigenvalue weighted by atomic mass is 31.1. The molecule has 20 heavy (non-hydrogen) atoms. The first-order chi connectivity index (χ1) is 9.83. The van der Waals surface area contributed by atoms with Gasteiger partial charge in [-0.2, -0.15) is 0 Å². The third kappa shape index (κ3) is 8.82. The van der Waals surface area contributed by atoms with Crippen LogP contribution in [0.1, 0.15) is 44.1 Å². The lowest BCUT2D eigenvalue weighted by molar-refractivity contribution is -0.118. The number of hydrogen-bond acceptors (Lipinski definition) is 2. The van der Waals surface area contributed by atoms with E-state index in [1.54, 1.807) is 0 Å². The SMILES string of the molecule is O=PCC(=O)NCCCCCCCCc1ccccc1. The first-order valence-electron chi connectivity index (χ1n) is 7.42. The number of benzene rings is 1. The third-order valence-corrected chi connectivity index (χ3v) is 3.68. The van der Waals surface area contributed by atoms with Gasteiger partial charge in [0.05, 0.1) is 0 Å². The average molecular weight is 293 g/mol. The van der Waals surface area contributed by atoms with Gasteiger partial charge in [0.15, 0.2) is 8.46 Å². The van der Waals surface area contributed by atoms with Crippen LogP contribution in [0.4, 0.5) is 0 Å². The van der Waals surface area contributed by atoms with Gasteiger partial charge in [0.25, 0.3) is 0 Å². The van der Waals surface area contributed by atoms with Crippen molar-refractivity contribution in [3.8, 4) is 0 Å². The summed E-state index contributed by atoms with van der Waals surface area (Å²) in [7, 11) is -0.100. The molecule has 3 nitrogen and oxygen atoms in total. The number of aryl methyl sites for hydroxylation is 1. The molecule has 0 saturated heterocycles. The van der Waals surface area contributed by atoms with Gasteiger partial charge in [-0.25, -0.2) is 0 Å². The van der Waals surface area contributed by atoms with Gasteiger partial charge in [0.1, 0.15) is 6.16 Å². The summed E-state index contributed by atoms with van der Waals surface area (Å²) in [6.45, 7) is 0.707. The van der Waals surface area contributed by atoms with Crippen LogP contribution in [0.25, 0.3) is 0 Å². The molecule has 0 bridgehead atoms. The Bertz CT molecular complexity index is 381. The highest BCUT2D eigenvalue weighted by Crippen LogP contribution is 2.09. The molecule has 1 amide bonds. The first kappa shape index (κ1) is 16.8. The summed E-state index contributed by atoms with van der Waals surface area (Å²) in [4.78, 5) is 11.0. The van der Waals surface area contributed by atoms with Crippen LogP contribution >= 0.6 is 8.46 Å². The van der Waals surface area contributed by atoms with Crippen molar-refractivity contribution in [2.45, 2.75) is 44.9 Å². The second-order valence-electron chi connectivity index (χ2n) is 4.99. The molecular weight excluding hydrogens is 269 g/mol. The van der Waals surface area contributed by atoms with Gasteiger partial charge in [0.2, 0.25) is 5.91 Å². The molecule has 0 spiro atoms. The number of rotatable bonds is 11. The van der Waals surface area contributed by atoms with Gasteiger partial charge in [-0.1, -0.05) is 56.0 Å². The van der Waals surface area contributed by atoms with Crippen molar-refractivity contribution in [2.24, 2.45) is 0 Å². The van der Waals surface area contributed by atoms with E-state index in [0.29, 0.717) is 6.54 Å². The number of carbonyl (C=O) groups excluding carboxylic acids is 1. The lowest BCUT2D eigenvalue weighted by Gasteiger charge is -2.04. The van der Waals surface area contributed by atoms with Gasteiger partial charge in [0, 0.05) is 6.54 Å². The Morgan fingerprint density at radius 1 is 0.950 bits per heavy atom. The Balaban J connectivity index is 1.85. The minimum absolute atomic E-state index is 0.0828. The van der Waals surface area contributed by atoms with Crippen molar-refractivity contribution in [3.63, 3.8) is 0 Å². The molecule has 0 saturated carbocycles. The average Bonchev–Trinajstić information content (AvgIpc) is 2.47. The zero-order valence-electron chi connectivity index (χ0n) is 12.0. The van der Waals surface area contributed by atoms with E-state index in [2.05, 4.69) is 35.6 Å². The van der Waals surface area contributed by atoms with Crippen molar-refractivity contribution in [1.29, 1.82) is 0 Å². The molecule has 110 valence electrons. The molecule has 0 atom stereocenters. The van der Waals surface area contributed by atoms with E-state index in [1.807, 2.05) is 0 Å². The van der Waals surface area contributed by atoms with Crippen LogP contribution in [-0.4, -0.2) is 18.6 Å². The molecule has 4 heteroatoms. The van der Waals surface area contributed by atoms with Crippen LogP contribution in [-0.2, 0) is 15.8 Å². The maximum Gasteiger partial charge on any atom is 0.231 e. The number of unbranched alkanes of at least 4 members (excludes halogenated alkanes) is 5. The van der Waals surface area contributed by atoms with Crippen LogP contribution in [0.2, 0.25) is 0 Å². The van der Waals surface area contributed by atoms with Crippen LogP contribution in [0.5, 0.6) is 0 Å². The van der Waals surface area contributed by atoms with Gasteiger partial charge in [-0.15, -0.1) is 0 Å². The summed E-state index contributed by atoms with van der Waals surface area (Å²) >= 11 is 0. The number of nitrogens with one attached hydrogen (secondary N) is 1. The standard InChI is InChI=1S/C16H24NO2P/c18-16(14-20-19)17-13-9-4-2-1-3-6-10-15-11-7-5-8-12-15/h5,7-8,11-12H,1-4,6,9-10,13-14H2,(H,17,18). The second kappa shape index (κ2) is 11.6. The molecule has 0 aliphatic rings. The second-order valence-corrected chi connectivity index (χ2v) is 5.57. The molecule has 1 N–H and O–H groups in total. The molecule has 1 aromatic rings. The van der Waals surface area contributed by atoms with Crippen LogP contribution < -0.4 is 5.32 Å². The topological polar surface area (TPSA) is 46.2 Å².